The summed E-state index contributed by atoms with van der Waals surface area (Å²) in [5.41, 5.74) is 5.06. The molecule has 0 saturated carbocycles. The zero-order chi connectivity index (χ0) is 25.8. The Hall–Kier alpha value is -2.35. The summed E-state index contributed by atoms with van der Waals surface area (Å²) in [5.74, 6) is 1.41. The third kappa shape index (κ3) is 5.95. The maximum Gasteiger partial charge on any atom is 0.122 e. The summed E-state index contributed by atoms with van der Waals surface area (Å²) < 4.78 is 17.3. The molecule has 7 heteroatoms. The zero-order valence-corrected chi connectivity index (χ0v) is 23.2. The number of hydrogen-bond donors (Lipinski definition) is 1. The van der Waals surface area contributed by atoms with E-state index in [1.165, 1.54) is 16.7 Å². The molecule has 2 aromatic carbocycles. The van der Waals surface area contributed by atoms with Gasteiger partial charge in [0, 0.05) is 51.1 Å². The summed E-state index contributed by atoms with van der Waals surface area (Å²) in [6.07, 6.45) is 8.23. The SMILES string of the molecule is C=CCN1CCO[C@@H]2Cc3c(O)cccc3C[C@H]21.C=CCN1CCO[C@@H]2Cc3c(cccc3OC)C[C@H]21.Cl. The van der Waals surface area contributed by atoms with Crippen LogP contribution in [0.4, 0.5) is 0 Å². The van der Waals surface area contributed by atoms with Crippen molar-refractivity contribution in [2.24, 2.45) is 0 Å². The van der Waals surface area contributed by atoms with Crippen LogP contribution < -0.4 is 4.74 Å². The molecule has 0 bridgehead atoms. The Morgan fingerprint density at radius 2 is 1.37 bits per heavy atom. The number of rotatable bonds is 5. The number of halogens is 1. The first-order valence-corrected chi connectivity index (χ1v) is 13.5. The predicted octanol–water partition coefficient (Wildman–Crippen LogP) is 4.22. The number of phenolic OH excluding ortho intramolecular Hbond substituents is 1. The highest BCUT2D eigenvalue weighted by Gasteiger charge is 2.38. The number of aromatic hydroxyl groups is 1. The summed E-state index contributed by atoms with van der Waals surface area (Å²) in [6, 6.07) is 13.1. The molecule has 6 rings (SSSR count). The van der Waals surface area contributed by atoms with Crippen LogP contribution in [0.15, 0.2) is 61.7 Å². The van der Waals surface area contributed by atoms with Crippen LogP contribution in [0.1, 0.15) is 22.3 Å². The maximum absolute atomic E-state index is 9.93. The summed E-state index contributed by atoms with van der Waals surface area (Å²) in [4.78, 5) is 4.93. The lowest BCUT2D eigenvalue weighted by Crippen LogP contribution is -2.54. The fraction of sp³-hybridized carbons (Fsp3) is 0.484. The van der Waals surface area contributed by atoms with Gasteiger partial charge in [-0.05, 0) is 47.2 Å². The lowest BCUT2D eigenvalue weighted by molar-refractivity contribution is -0.0702. The van der Waals surface area contributed by atoms with Crippen molar-refractivity contribution >= 4 is 12.4 Å². The summed E-state index contributed by atoms with van der Waals surface area (Å²) in [6.45, 7) is 13.1. The van der Waals surface area contributed by atoms with Crippen molar-refractivity contribution in [2.45, 2.75) is 50.0 Å². The molecular weight excluding hydrogens is 500 g/mol. The van der Waals surface area contributed by atoms with Gasteiger partial charge in [0.05, 0.1) is 32.5 Å². The number of ether oxygens (including phenoxy) is 3. The lowest BCUT2D eigenvalue weighted by Gasteiger charge is -2.44. The van der Waals surface area contributed by atoms with Crippen LogP contribution in [0, 0.1) is 0 Å². The molecule has 0 radical (unpaired) electrons. The van der Waals surface area contributed by atoms with Crippen LogP contribution in [0.5, 0.6) is 11.5 Å². The summed E-state index contributed by atoms with van der Waals surface area (Å²) in [5, 5.41) is 9.93. The van der Waals surface area contributed by atoms with E-state index in [0.29, 0.717) is 17.8 Å². The van der Waals surface area contributed by atoms with Crippen LogP contribution in [0.3, 0.4) is 0 Å². The van der Waals surface area contributed by atoms with Crippen LogP contribution in [0.25, 0.3) is 0 Å². The second-order valence-corrected chi connectivity index (χ2v) is 10.3. The van der Waals surface area contributed by atoms with Crippen molar-refractivity contribution in [1.82, 2.24) is 9.80 Å². The standard InChI is InChI=1S/C16H21NO2.C15H19NO2.ClH/c1-3-7-17-8-9-19-16-11-13-12(10-14(16)17)5-4-6-15(13)18-2;1-2-6-16-7-8-18-15-10-12-11(9-13(15)16)4-3-5-14(12)17;/h3-6,14,16H,1,7-11H2,2H3;2-5,13,15,17H,1,6-10H2;1H/t14-,16-;13-,15-;/m11./s1. The van der Waals surface area contributed by atoms with Crippen molar-refractivity contribution in [3.05, 3.63) is 84.0 Å². The Balaban J connectivity index is 0.000000173. The number of fused-ring (bicyclic) bond motifs is 4. The van der Waals surface area contributed by atoms with Crippen molar-refractivity contribution in [3.63, 3.8) is 0 Å². The van der Waals surface area contributed by atoms with E-state index in [1.807, 2.05) is 24.3 Å². The van der Waals surface area contributed by atoms with Gasteiger partial charge in [-0.3, -0.25) is 9.80 Å². The normalized spacial score (nSPS) is 26.1. The first-order chi connectivity index (χ1) is 18.1. The second kappa shape index (κ2) is 13.1. The molecule has 0 unspecified atom stereocenters. The minimum absolute atomic E-state index is 0. The smallest absolute Gasteiger partial charge is 0.122 e. The minimum Gasteiger partial charge on any atom is -0.508 e. The van der Waals surface area contributed by atoms with Crippen LogP contribution in [-0.4, -0.2) is 85.7 Å². The van der Waals surface area contributed by atoms with E-state index >= 15 is 0 Å². The molecule has 0 amide bonds. The average molecular weight is 541 g/mol. The number of benzene rings is 2. The van der Waals surface area contributed by atoms with Gasteiger partial charge in [0.25, 0.3) is 0 Å². The van der Waals surface area contributed by atoms with Gasteiger partial charge in [-0.15, -0.1) is 25.6 Å². The molecule has 2 aromatic rings. The van der Waals surface area contributed by atoms with Gasteiger partial charge in [-0.25, -0.2) is 0 Å². The number of nitrogens with zero attached hydrogens (tertiary/aromatic N) is 2. The average Bonchev–Trinajstić information content (AvgIpc) is 2.92. The van der Waals surface area contributed by atoms with E-state index in [9.17, 15) is 5.11 Å². The van der Waals surface area contributed by atoms with Gasteiger partial charge in [0.1, 0.15) is 11.5 Å². The lowest BCUT2D eigenvalue weighted by atomic mass is 9.84. The zero-order valence-electron chi connectivity index (χ0n) is 22.4. The van der Waals surface area contributed by atoms with Crippen molar-refractivity contribution < 1.29 is 19.3 Å². The minimum atomic E-state index is 0. The van der Waals surface area contributed by atoms with Gasteiger partial charge in [-0.2, -0.15) is 0 Å². The maximum atomic E-state index is 9.93. The Morgan fingerprint density at radius 1 is 0.842 bits per heavy atom. The molecule has 0 spiro atoms. The first-order valence-electron chi connectivity index (χ1n) is 13.5. The van der Waals surface area contributed by atoms with E-state index < -0.39 is 0 Å². The third-order valence-corrected chi connectivity index (χ3v) is 8.31. The summed E-state index contributed by atoms with van der Waals surface area (Å²) >= 11 is 0. The van der Waals surface area contributed by atoms with Crippen LogP contribution in [-0.2, 0) is 35.2 Å². The molecule has 4 atom stereocenters. The van der Waals surface area contributed by atoms with Gasteiger partial charge < -0.3 is 19.3 Å². The molecule has 38 heavy (non-hydrogen) atoms. The number of methoxy groups -OCH3 is 1. The number of morpholine rings is 2. The second-order valence-electron chi connectivity index (χ2n) is 10.3. The first kappa shape index (κ1) is 28.7. The molecule has 4 aliphatic rings. The molecule has 1 N–H and O–H groups in total. The van der Waals surface area contributed by atoms with E-state index in [-0.39, 0.29) is 24.6 Å². The van der Waals surface area contributed by atoms with Crippen molar-refractivity contribution in [3.8, 4) is 11.5 Å². The third-order valence-electron chi connectivity index (χ3n) is 8.31. The largest absolute Gasteiger partial charge is 0.508 e. The number of hydrogen-bond acceptors (Lipinski definition) is 6. The molecule has 0 aromatic heterocycles. The van der Waals surface area contributed by atoms with Gasteiger partial charge in [-0.1, -0.05) is 36.4 Å². The van der Waals surface area contributed by atoms with E-state index in [0.717, 1.165) is 76.4 Å². The highest BCUT2D eigenvalue weighted by Crippen LogP contribution is 2.35. The van der Waals surface area contributed by atoms with E-state index in [1.54, 1.807) is 13.2 Å². The monoisotopic (exact) mass is 540 g/mol. The molecular formula is C31H41ClN2O4. The van der Waals surface area contributed by atoms with Crippen LogP contribution in [0.2, 0.25) is 0 Å². The molecule has 2 saturated heterocycles. The molecule has 206 valence electrons. The topological polar surface area (TPSA) is 54.4 Å². The summed E-state index contributed by atoms with van der Waals surface area (Å²) in [7, 11) is 1.74. The quantitative estimate of drug-likeness (QED) is 0.573. The van der Waals surface area contributed by atoms with Crippen LogP contribution >= 0.6 is 12.4 Å². The van der Waals surface area contributed by atoms with Crippen molar-refractivity contribution in [1.29, 1.82) is 0 Å². The highest BCUT2D eigenvalue weighted by molar-refractivity contribution is 5.85. The Kier molecular flexibility index (Phi) is 9.91. The Bertz CT molecular complexity index is 1110. The Morgan fingerprint density at radius 3 is 1.92 bits per heavy atom. The van der Waals surface area contributed by atoms with Gasteiger partial charge in [0.2, 0.25) is 0 Å². The fourth-order valence-electron chi connectivity index (χ4n) is 6.49. The predicted molar refractivity (Wildman–Crippen MR) is 154 cm³/mol. The van der Waals surface area contributed by atoms with Gasteiger partial charge in [0.15, 0.2) is 0 Å². The molecule has 2 heterocycles. The molecule has 2 fully saturated rings. The van der Waals surface area contributed by atoms with Gasteiger partial charge >= 0.3 is 0 Å². The molecule has 6 nitrogen and oxygen atoms in total. The molecule has 2 aliphatic carbocycles. The molecule has 2 aliphatic heterocycles. The number of phenols is 1. The highest BCUT2D eigenvalue weighted by atomic mass is 35.5. The fourth-order valence-corrected chi connectivity index (χ4v) is 6.49. The van der Waals surface area contributed by atoms with E-state index in [4.69, 9.17) is 14.2 Å². The Labute approximate surface area is 233 Å². The van der Waals surface area contributed by atoms with E-state index in [2.05, 4.69) is 41.2 Å². The van der Waals surface area contributed by atoms with Crippen molar-refractivity contribution in [2.75, 3.05) is 46.5 Å².